The van der Waals surface area contributed by atoms with Gasteiger partial charge in [0.1, 0.15) is 0 Å². The van der Waals surface area contributed by atoms with Crippen LogP contribution in [0.1, 0.15) is 31.4 Å². The summed E-state index contributed by atoms with van der Waals surface area (Å²) in [6.45, 7) is 5.03. The number of phenols is 1. The highest BCUT2D eigenvalue weighted by molar-refractivity contribution is 9.10. The number of hydrogen-bond acceptors (Lipinski definition) is 4. The molecule has 0 amide bonds. The third-order valence-electron chi connectivity index (χ3n) is 4.03. The SMILES string of the molecule is CCOc1cc([C@@H](CCC(F)(F)F)N2CCNCC2)cc(Br)c1O.Cl.Cl. The molecule has 26 heavy (non-hydrogen) atoms. The molecule has 0 radical (unpaired) electrons. The molecule has 0 unspecified atom stereocenters. The highest BCUT2D eigenvalue weighted by atomic mass is 79.9. The Bertz CT molecular complexity index is 559. The van der Waals surface area contributed by atoms with Gasteiger partial charge in [-0.1, -0.05) is 0 Å². The molecule has 1 heterocycles. The van der Waals surface area contributed by atoms with E-state index in [9.17, 15) is 18.3 Å². The van der Waals surface area contributed by atoms with Gasteiger partial charge in [-0.3, -0.25) is 4.90 Å². The first-order valence-corrected chi connectivity index (χ1v) is 8.78. The predicted molar refractivity (Wildman–Crippen MR) is 104 cm³/mol. The Labute approximate surface area is 172 Å². The minimum absolute atomic E-state index is 0. The highest BCUT2D eigenvalue weighted by Gasteiger charge is 2.32. The van der Waals surface area contributed by atoms with Crippen LogP contribution in [0, 0.1) is 0 Å². The number of benzene rings is 1. The van der Waals surface area contributed by atoms with Gasteiger partial charge in [-0.15, -0.1) is 24.8 Å². The minimum atomic E-state index is -4.19. The molecular formula is C16H24BrCl2F3N2O2. The summed E-state index contributed by atoms with van der Waals surface area (Å²) in [5.74, 6) is 0.254. The zero-order valence-corrected chi connectivity index (χ0v) is 17.5. The van der Waals surface area contributed by atoms with Gasteiger partial charge in [0.05, 0.1) is 11.1 Å². The number of aromatic hydroxyl groups is 1. The smallest absolute Gasteiger partial charge is 0.389 e. The number of phenolic OH excluding ortho intramolecular Hbond substituents is 1. The Hall–Kier alpha value is -0.410. The second-order valence-corrected chi connectivity index (χ2v) is 6.59. The van der Waals surface area contributed by atoms with E-state index in [2.05, 4.69) is 26.1 Å². The van der Waals surface area contributed by atoms with Crippen LogP contribution in [0.3, 0.4) is 0 Å². The molecule has 1 aromatic rings. The van der Waals surface area contributed by atoms with Crippen LogP contribution >= 0.6 is 40.7 Å². The van der Waals surface area contributed by atoms with E-state index in [-0.39, 0.29) is 48.8 Å². The molecule has 4 nitrogen and oxygen atoms in total. The minimum Gasteiger partial charge on any atom is -0.503 e. The maximum atomic E-state index is 12.7. The quantitative estimate of drug-likeness (QED) is 0.616. The van der Waals surface area contributed by atoms with Gasteiger partial charge in [-0.05, 0) is 47.0 Å². The number of ether oxygens (including phenoxy) is 1. The fourth-order valence-corrected chi connectivity index (χ4v) is 3.37. The molecule has 2 N–H and O–H groups in total. The van der Waals surface area contributed by atoms with Gasteiger partial charge in [-0.25, -0.2) is 0 Å². The van der Waals surface area contributed by atoms with Crippen LogP contribution in [0.2, 0.25) is 0 Å². The second kappa shape index (κ2) is 11.4. The predicted octanol–water partition coefficient (Wildman–Crippen LogP) is 4.69. The average Bonchev–Trinajstić information content (AvgIpc) is 2.52. The molecule has 1 aliphatic heterocycles. The third-order valence-corrected chi connectivity index (χ3v) is 4.63. The van der Waals surface area contributed by atoms with E-state index >= 15 is 0 Å². The van der Waals surface area contributed by atoms with Crippen molar-refractivity contribution in [1.82, 2.24) is 10.2 Å². The number of alkyl halides is 3. The number of piperazine rings is 1. The van der Waals surface area contributed by atoms with Crippen LogP contribution in [-0.4, -0.2) is 49.0 Å². The molecule has 1 atom stereocenters. The molecule has 1 fully saturated rings. The number of rotatable bonds is 6. The Morgan fingerprint density at radius 2 is 1.88 bits per heavy atom. The van der Waals surface area contributed by atoms with Crippen LogP contribution in [0.4, 0.5) is 13.2 Å². The Balaban J connectivity index is 0.00000312. The van der Waals surface area contributed by atoms with Crippen molar-refractivity contribution in [3.63, 3.8) is 0 Å². The molecule has 0 saturated carbocycles. The van der Waals surface area contributed by atoms with E-state index in [1.807, 2.05) is 0 Å². The van der Waals surface area contributed by atoms with Crippen molar-refractivity contribution >= 4 is 40.7 Å². The summed E-state index contributed by atoms with van der Waals surface area (Å²) in [5.41, 5.74) is 0.717. The van der Waals surface area contributed by atoms with Gasteiger partial charge < -0.3 is 15.2 Å². The van der Waals surface area contributed by atoms with Gasteiger partial charge in [0, 0.05) is 38.6 Å². The van der Waals surface area contributed by atoms with Crippen molar-refractivity contribution < 1.29 is 23.0 Å². The Morgan fingerprint density at radius 3 is 2.42 bits per heavy atom. The Kier molecular flexibility index (Phi) is 11.3. The molecule has 2 rings (SSSR count). The van der Waals surface area contributed by atoms with Crippen LogP contribution in [0.15, 0.2) is 16.6 Å². The lowest BCUT2D eigenvalue weighted by Crippen LogP contribution is -2.45. The molecule has 0 aromatic heterocycles. The topological polar surface area (TPSA) is 44.7 Å². The summed E-state index contributed by atoms with van der Waals surface area (Å²) in [7, 11) is 0. The van der Waals surface area contributed by atoms with Gasteiger partial charge >= 0.3 is 6.18 Å². The third kappa shape index (κ3) is 7.31. The van der Waals surface area contributed by atoms with Crippen molar-refractivity contribution in [2.24, 2.45) is 0 Å². The fourth-order valence-electron chi connectivity index (χ4n) is 2.91. The van der Waals surface area contributed by atoms with Crippen LogP contribution in [0.5, 0.6) is 11.5 Å². The second-order valence-electron chi connectivity index (χ2n) is 5.74. The van der Waals surface area contributed by atoms with E-state index in [1.165, 1.54) is 0 Å². The van der Waals surface area contributed by atoms with Crippen molar-refractivity contribution in [3.05, 3.63) is 22.2 Å². The van der Waals surface area contributed by atoms with Gasteiger partial charge in [0.2, 0.25) is 0 Å². The number of nitrogens with zero attached hydrogens (tertiary/aromatic N) is 1. The Morgan fingerprint density at radius 1 is 1.27 bits per heavy atom. The summed E-state index contributed by atoms with van der Waals surface area (Å²) < 4.78 is 44.0. The zero-order chi connectivity index (χ0) is 17.7. The molecule has 0 spiro atoms. The normalized spacial score (nSPS) is 16.3. The summed E-state index contributed by atoms with van der Waals surface area (Å²) >= 11 is 3.27. The summed E-state index contributed by atoms with van der Waals surface area (Å²) in [5, 5.41) is 13.2. The van der Waals surface area contributed by atoms with Gasteiger partial charge in [0.25, 0.3) is 0 Å². The van der Waals surface area contributed by atoms with Crippen molar-refractivity contribution in [1.29, 1.82) is 0 Å². The molecule has 1 aliphatic rings. The zero-order valence-electron chi connectivity index (χ0n) is 14.3. The monoisotopic (exact) mass is 482 g/mol. The molecule has 10 heteroatoms. The van der Waals surface area contributed by atoms with Crippen LogP contribution in [-0.2, 0) is 0 Å². The number of nitrogens with one attached hydrogen (secondary N) is 1. The highest BCUT2D eigenvalue weighted by Crippen LogP contribution is 2.40. The summed E-state index contributed by atoms with van der Waals surface area (Å²) in [6, 6.07) is 2.96. The molecule has 1 aromatic carbocycles. The van der Waals surface area contributed by atoms with E-state index in [1.54, 1.807) is 19.1 Å². The van der Waals surface area contributed by atoms with Crippen molar-refractivity contribution in [2.75, 3.05) is 32.8 Å². The molecule has 0 bridgehead atoms. The first kappa shape index (κ1) is 25.6. The first-order chi connectivity index (χ1) is 11.3. The standard InChI is InChI=1S/C16H22BrF3N2O2.2ClH/c1-2-24-14-10-11(9-12(17)15(14)23)13(3-4-16(18,19)20)22-7-5-21-6-8-22;;/h9-10,13,21,23H,2-8H2,1H3;2*1H/t13-;;/m1../s1. The molecular weight excluding hydrogens is 460 g/mol. The lowest BCUT2D eigenvalue weighted by Gasteiger charge is -2.35. The van der Waals surface area contributed by atoms with Gasteiger partial charge in [-0.2, -0.15) is 13.2 Å². The van der Waals surface area contributed by atoms with Crippen molar-refractivity contribution in [3.8, 4) is 11.5 Å². The molecule has 0 aliphatic carbocycles. The van der Waals surface area contributed by atoms with E-state index < -0.39 is 12.6 Å². The average molecular weight is 484 g/mol. The number of hydrogen-bond donors (Lipinski definition) is 2. The maximum Gasteiger partial charge on any atom is 0.389 e. The van der Waals surface area contributed by atoms with Gasteiger partial charge in [0.15, 0.2) is 11.5 Å². The lowest BCUT2D eigenvalue weighted by molar-refractivity contribution is -0.138. The van der Waals surface area contributed by atoms with E-state index in [0.717, 1.165) is 13.1 Å². The summed E-state index contributed by atoms with van der Waals surface area (Å²) in [4.78, 5) is 2.05. The van der Waals surface area contributed by atoms with Crippen molar-refractivity contribution in [2.45, 2.75) is 32.0 Å². The largest absolute Gasteiger partial charge is 0.503 e. The van der Waals surface area contributed by atoms with E-state index in [0.29, 0.717) is 29.7 Å². The lowest BCUT2D eigenvalue weighted by atomic mass is 9.98. The van der Waals surface area contributed by atoms with Crippen LogP contribution in [0.25, 0.3) is 0 Å². The molecule has 1 saturated heterocycles. The van der Waals surface area contributed by atoms with E-state index in [4.69, 9.17) is 4.74 Å². The summed E-state index contributed by atoms with van der Waals surface area (Å²) in [6.07, 6.45) is -5.06. The van der Waals surface area contributed by atoms with Crippen LogP contribution < -0.4 is 10.1 Å². The molecule has 152 valence electrons. The fraction of sp³-hybridized carbons (Fsp3) is 0.625. The first-order valence-electron chi connectivity index (χ1n) is 7.98. The maximum absolute atomic E-state index is 12.7. The number of halogens is 6.